The standard InChI is InChI=1S/C15H9BrN2O3/c16-14-12(7-4-8-17-14)20-15(19)11-9-13(21-18-11)10-5-2-1-3-6-10/h1-9H. The highest BCUT2D eigenvalue weighted by Crippen LogP contribution is 2.24. The molecule has 0 aliphatic heterocycles. The molecule has 1 aromatic carbocycles. The molecule has 0 unspecified atom stereocenters. The molecular formula is C15H9BrN2O3. The highest BCUT2D eigenvalue weighted by molar-refractivity contribution is 9.10. The van der Waals surface area contributed by atoms with Crippen LogP contribution in [0.15, 0.2) is 63.9 Å². The van der Waals surface area contributed by atoms with Crippen molar-refractivity contribution in [2.24, 2.45) is 0 Å². The van der Waals surface area contributed by atoms with E-state index in [-0.39, 0.29) is 5.69 Å². The van der Waals surface area contributed by atoms with Crippen molar-refractivity contribution in [3.05, 3.63) is 65.0 Å². The zero-order valence-electron chi connectivity index (χ0n) is 10.7. The van der Waals surface area contributed by atoms with Crippen LogP contribution in [0.2, 0.25) is 0 Å². The molecule has 0 spiro atoms. The predicted octanol–water partition coefficient (Wildman–Crippen LogP) is 3.72. The van der Waals surface area contributed by atoms with Gasteiger partial charge >= 0.3 is 5.97 Å². The van der Waals surface area contributed by atoms with Crippen LogP contribution in [0, 0.1) is 0 Å². The van der Waals surface area contributed by atoms with E-state index in [1.54, 1.807) is 24.4 Å². The van der Waals surface area contributed by atoms with Gasteiger partial charge in [-0.2, -0.15) is 0 Å². The fraction of sp³-hybridized carbons (Fsp3) is 0. The SMILES string of the molecule is O=C(Oc1cccnc1Br)c1cc(-c2ccccc2)on1. The zero-order valence-corrected chi connectivity index (χ0v) is 12.3. The molecule has 3 rings (SSSR count). The van der Waals surface area contributed by atoms with Gasteiger partial charge in [0.25, 0.3) is 0 Å². The van der Waals surface area contributed by atoms with E-state index in [9.17, 15) is 4.79 Å². The maximum atomic E-state index is 12.0. The quantitative estimate of drug-likeness (QED) is 0.535. The molecule has 2 heterocycles. The Bertz CT molecular complexity index is 771. The Morgan fingerprint density at radius 2 is 1.95 bits per heavy atom. The second-order valence-corrected chi connectivity index (χ2v) is 4.88. The van der Waals surface area contributed by atoms with Gasteiger partial charge in [0.1, 0.15) is 4.60 Å². The minimum absolute atomic E-state index is 0.101. The number of benzene rings is 1. The number of ether oxygens (including phenoxy) is 1. The van der Waals surface area contributed by atoms with Gasteiger partial charge in [0.05, 0.1) is 0 Å². The molecule has 104 valence electrons. The summed E-state index contributed by atoms with van der Waals surface area (Å²) in [6, 6.07) is 14.2. The van der Waals surface area contributed by atoms with E-state index in [1.807, 2.05) is 30.3 Å². The minimum Gasteiger partial charge on any atom is -0.419 e. The Morgan fingerprint density at radius 1 is 1.14 bits per heavy atom. The van der Waals surface area contributed by atoms with E-state index in [4.69, 9.17) is 9.26 Å². The molecule has 0 N–H and O–H groups in total. The smallest absolute Gasteiger partial charge is 0.366 e. The van der Waals surface area contributed by atoms with Crippen LogP contribution in [0.1, 0.15) is 10.5 Å². The minimum atomic E-state index is -0.602. The van der Waals surface area contributed by atoms with Crippen LogP contribution in [-0.2, 0) is 0 Å². The molecule has 3 aromatic rings. The van der Waals surface area contributed by atoms with Crippen LogP contribution in [-0.4, -0.2) is 16.1 Å². The summed E-state index contributed by atoms with van der Waals surface area (Å²) in [6.07, 6.45) is 1.59. The average molecular weight is 345 g/mol. The maximum absolute atomic E-state index is 12.0. The lowest BCUT2D eigenvalue weighted by atomic mass is 10.2. The third kappa shape index (κ3) is 3.00. The van der Waals surface area contributed by atoms with Gasteiger partial charge in [-0.3, -0.25) is 0 Å². The van der Waals surface area contributed by atoms with Crippen molar-refractivity contribution in [3.8, 4) is 17.1 Å². The molecule has 0 aliphatic rings. The summed E-state index contributed by atoms with van der Waals surface area (Å²) in [7, 11) is 0. The fourth-order valence-corrected chi connectivity index (χ4v) is 2.04. The van der Waals surface area contributed by atoms with Crippen LogP contribution in [0.3, 0.4) is 0 Å². The van der Waals surface area contributed by atoms with Crippen molar-refractivity contribution in [2.45, 2.75) is 0 Å². The number of carbonyl (C=O) groups excluding carboxylic acids is 1. The second-order valence-electron chi connectivity index (χ2n) is 4.12. The van der Waals surface area contributed by atoms with Crippen molar-refractivity contribution >= 4 is 21.9 Å². The monoisotopic (exact) mass is 344 g/mol. The lowest BCUT2D eigenvalue weighted by Gasteiger charge is -2.02. The van der Waals surface area contributed by atoms with Gasteiger partial charge in [0.2, 0.25) is 0 Å². The summed E-state index contributed by atoms with van der Waals surface area (Å²) >= 11 is 3.21. The molecule has 0 atom stereocenters. The van der Waals surface area contributed by atoms with Gasteiger partial charge in [-0.05, 0) is 28.1 Å². The lowest BCUT2D eigenvalue weighted by Crippen LogP contribution is -2.09. The largest absolute Gasteiger partial charge is 0.419 e. The summed E-state index contributed by atoms with van der Waals surface area (Å²) in [5.41, 5.74) is 0.941. The zero-order chi connectivity index (χ0) is 14.7. The van der Waals surface area contributed by atoms with E-state index < -0.39 is 5.97 Å². The van der Waals surface area contributed by atoms with Crippen LogP contribution in [0.25, 0.3) is 11.3 Å². The molecule has 0 fully saturated rings. The predicted molar refractivity (Wildman–Crippen MR) is 78.8 cm³/mol. The molecule has 5 nitrogen and oxygen atoms in total. The molecule has 0 bridgehead atoms. The first-order valence-electron chi connectivity index (χ1n) is 6.09. The lowest BCUT2D eigenvalue weighted by molar-refractivity contribution is 0.0722. The molecule has 0 radical (unpaired) electrons. The first-order valence-corrected chi connectivity index (χ1v) is 6.88. The number of rotatable bonds is 3. The van der Waals surface area contributed by atoms with Gasteiger partial charge < -0.3 is 9.26 Å². The second kappa shape index (κ2) is 5.88. The molecule has 0 aliphatic carbocycles. The first-order chi connectivity index (χ1) is 10.2. The van der Waals surface area contributed by atoms with Crippen molar-refractivity contribution in [1.82, 2.24) is 10.1 Å². The fourth-order valence-electron chi connectivity index (χ4n) is 1.71. The van der Waals surface area contributed by atoms with Crippen LogP contribution in [0.5, 0.6) is 5.75 Å². The molecule has 0 amide bonds. The number of nitrogens with zero attached hydrogens (tertiary/aromatic N) is 2. The Labute approximate surface area is 128 Å². The van der Waals surface area contributed by atoms with Crippen molar-refractivity contribution in [1.29, 1.82) is 0 Å². The summed E-state index contributed by atoms with van der Waals surface area (Å²) in [5.74, 6) is 0.231. The number of hydrogen-bond acceptors (Lipinski definition) is 5. The normalized spacial score (nSPS) is 10.3. The Kier molecular flexibility index (Phi) is 3.79. The third-order valence-electron chi connectivity index (χ3n) is 2.71. The maximum Gasteiger partial charge on any atom is 0.366 e. The first kappa shape index (κ1) is 13.5. The number of halogens is 1. The van der Waals surface area contributed by atoms with E-state index in [2.05, 4.69) is 26.1 Å². The number of pyridine rings is 1. The molecule has 0 saturated heterocycles. The number of aromatic nitrogens is 2. The van der Waals surface area contributed by atoms with Crippen LogP contribution >= 0.6 is 15.9 Å². The summed E-state index contributed by atoms with van der Waals surface area (Å²) in [5, 5.41) is 3.73. The van der Waals surface area contributed by atoms with Crippen molar-refractivity contribution < 1.29 is 14.1 Å². The number of hydrogen-bond donors (Lipinski definition) is 0. The van der Waals surface area contributed by atoms with Gasteiger partial charge in [0.15, 0.2) is 17.2 Å². The highest BCUT2D eigenvalue weighted by atomic mass is 79.9. The molecule has 21 heavy (non-hydrogen) atoms. The van der Waals surface area contributed by atoms with E-state index in [1.165, 1.54) is 0 Å². The summed E-state index contributed by atoms with van der Waals surface area (Å²) in [4.78, 5) is 16.0. The third-order valence-corrected chi connectivity index (χ3v) is 3.30. The van der Waals surface area contributed by atoms with Gasteiger partial charge in [0, 0.05) is 17.8 Å². The molecule has 0 saturated carbocycles. The van der Waals surface area contributed by atoms with Crippen LogP contribution < -0.4 is 4.74 Å². The van der Waals surface area contributed by atoms with E-state index in [0.717, 1.165) is 5.56 Å². The van der Waals surface area contributed by atoms with Crippen molar-refractivity contribution in [3.63, 3.8) is 0 Å². The van der Waals surface area contributed by atoms with Crippen LogP contribution in [0.4, 0.5) is 0 Å². The van der Waals surface area contributed by atoms with Gasteiger partial charge in [-0.15, -0.1) is 0 Å². The topological polar surface area (TPSA) is 65.2 Å². The van der Waals surface area contributed by atoms with Gasteiger partial charge in [-0.25, -0.2) is 9.78 Å². The molecular weight excluding hydrogens is 336 g/mol. The highest BCUT2D eigenvalue weighted by Gasteiger charge is 2.17. The number of carbonyl (C=O) groups is 1. The average Bonchev–Trinajstić information content (AvgIpc) is 3.00. The van der Waals surface area contributed by atoms with Gasteiger partial charge in [-0.1, -0.05) is 35.5 Å². The Morgan fingerprint density at radius 3 is 2.71 bits per heavy atom. The Balaban J connectivity index is 1.80. The van der Waals surface area contributed by atoms with E-state index in [0.29, 0.717) is 16.1 Å². The Hall–Kier alpha value is -2.47. The summed E-state index contributed by atoms with van der Waals surface area (Å²) < 4.78 is 10.8. The van der Waals surface area contributed by atoms with E-state index >= 15 is 0 Å². The summed E-state index contributed by atoms with van der Waals surface area (Å²) in [6.45, 7) is 0. The number of esters is 1. The molecule has 6 heteroatoms. The van der Waals surface area contributed by atoms with Crippen molar-refractivity contribution in [2.75, 3.05) is 0 Å². The molecule has 2 aromatic heterocycles.